The first-order chi connectivity index (χ1) is 21.3. The minimum absolute atomic E-state index is 0.0936. The molecular weight excluding hydrogens is 588 g/mol. The number of benzene rings is 1. The summed E-state index contributed by atoms with van der Waals surface area (Å²) in [6.45, 7) is 15.8. The first kappa shape index (κ1) is 30.4. The van der Waals surface area contributed by atoms with Crippen molar-refractivity contribution in [2.75, 3.05) is 6.54 Å². The lowest BCUT2D eigenvalue weighted by Gasteiger charge is -2.30. The summed E-state index contributed by atoms with van der Waals surface area (Å²) in [6, 6.07) is 8.17. The van der Waals surface area contributed by atoms with Gasteiger partial charge in [0, 0.05) is 35.0 Å². The summed E-state index contributed by atoms with van der Waals surface area (Å²) < 4.78 is 7.55. The molecule has 45 heavy (non-hydrogen) atoms. The van der Waals surface area contributed by atoms with Gasteiger partial charge in [-0.15, -0.1) is 11.3 Å². The van der Waals surface area contributed by atoms with Crippen LogP contribution < -0.4 is 5.32 Å². The summed E-state index contributed by atoms with van der Waals surface area (Å²) in [5.41, 5.74) is 6.57. The maximum absolute atomic E-state index is 12.8. The van der Waals surface area contributed by atoms with E-state index in [0.29, 0.717) is 36.7 Å². The van der Waals surface area contributed by atoms with E-state index in [1.807, 2.05) is 56.8 Å². The number of aryl methyl sites for hydroxylation is 1. The molecule has 1 aliphatic rings. The van der Waals surface area contributed by atoms with Crippen molar-refractivity contribution in [2.45, 2.75) is 79.1 Å². The van der Waals surface area contributed by atoms with E-state index in [0.717, 1.165) is 49.7 Å². The summed E-state index contributed by atoms with van der Waals surface area (Å²) in [5.74, 6) is -0.125. The van der Waals surface area contributed by atoms with Gasteiger partial charge in [-0.05, 0) is 51.0 Å². The normalized spacial score (nSPS) is 13.6. The van der Waals surface area contributed by atoms with Crippen molar-refractivity contribution in [3.63, 3.8) is 0 Å². The van der Waals surface area contributed by atoms with Crippen molar-refractivity contribution in [2.24, 2.45) is 0 Å². The van der Waals surface area contributed by atoms with Gasteiger partial charge in [-0.3, -0.25) is 9.48 Å². The van der Waals surface area contributed by atoms with Gasteiger partial charge in [-0.25, -0.2) is 19.7 Å². The second-order valence-corrected chi connectivity index (χ2v) is 14.4. The molecule has 5 heterocycles. The number of hydrogen-bond donors (Lipinski definition) is 2. The molecule has 234 valence electrons. The van der Waals surface area contributed by atoms with Crippen molar-refractivity contribution >= 4 is 34.4 Å². The molecule has 2 N–H and O–H groups in total. The van der Waals surface area contributed by atoms with Gasteiger partial charge in [-0.1, -0.05) is 32.9 Å². The fourth-order valence-corrected chi connectivity index (χ4v) is 6.19. The van der Waals surface area contributed by atoms with E-state index in [-0.39, 0.29) is 17.4 Å². The molecule has 0 atom stereocenters. The van der Waals surface area contributed by atoms with Gasteiger partial charge >= 0.3 is 6.09 Å². The highest BCUT2D eigenvalue weighted by Gasteiger charge is 2.29. The molecule has 11 nitrogen and oxygen atoms in total. The van der Waals surface area contributed by atoms with E-state index in [2.05, 4.69) is 57.2 Å². The van der Waals surface area contributed by atoms with Gasteiger partial charge in [0.05, 0.1) is 47.6 Å². The summed E-state index contributed by atoms with van der Waals surface area (Å²) in [7, 11) is 0. The molecule has 0 fully saturated rings. The van der Waals surface area contributed by atoms with Crippen LogP contribution >= 0.6 is 11.3 Å². The number of thiazole rings is 1. The Bertz CT molecular complexity index is 1910. The van der Waals surface area contributed by atoms with E-state index in [4.69, 9.17) is 4.74 Å². The minimum atomic E-state index is -0.563. The fraction of sp³-hybridized carbons (Fsp3) is 0.394. The molecule has 0 saturated carbocycles. The quantitative estimate of drug-likeness (QED) is 0.236. The molecule has 0 radical (unpaired) electrons. The number of ether oxygens (including phenoxy) is 1. The van der Waals surface area contributed by atoms with Crippen molar-refractivity contribution < 1.29 is 14.3 Å². The molecule has 4 aromatic heterocycles. The minimum Gasteiger partial charge on any atom is -0.444 e. The van der Waals surface area contributed by atoms with Gasteiger partial charge in [-0.2, -0.15) is 5.10 Å². The topological polar surface area (TPSA) is 131 Å². The number of hydrogen-bond acceptors (Lipinski definition) is 8. The van der Waals surface area contributed by atoms with Gasteiger partial charge in [0.15, 0.2) is 0 Å². The molecule has 0 spiro atoms. The summed E-state index contributed by atoms with van der Waals surface area (Å²) in [6.07, 6.45) is 4.70. The summed E-state index contributed by atoms with van der Waals surface area (Å²) in [4.78, 5) is 44.9. The third-order valence-electron chi connectivity index (χ3n) is 7.67. The lowest BCUT2D eigenvalue weighted by molar-refractivity contribution is 0.0194. The van der Waals surface area contributed by atoms with Crippen LogP contribution in [0.5, 0.6) is 0 Å². The smallest absolute Gasteiger partial charge is 0.410 e. The number of nitrogens with zero attached hydrogens (tertiary/aromatic N) is 6. The standard InChI is InChI=1S/C33H38N8O3S/c1-19-12-20(8-9-21(19)14-34-29(42)26-16-35-30(45-26)32(2,3)4)27-22-13-24(39-28(22)37-18-36-27)23-15-38-41-11-10-40(17-25(23)41)31(43)44-33(5,6)7/h8-9,12-13,15-16,18H,10-11,14,17H2,1-7H3,(H,34,42)(H,36,37,39). The maximum atomic E-state index is 12.8. The van der Waals surface area contributed by atoms with Crippen LogP contribution in [0.15, 0.2) is 43.0 Å². The Morgan fingerprint density at radius 3 is 2.56 bits per heavy atom. The number of aromatic nitrogens is 6. The highest BCUT2D eigenvalue weighted by molar-refractivity contribution is 7.13. The Hall–Kier alpha value is -4.58. The predicted molar refractivity (Wildman–Crippen MR) is 174 cm³/mol. The van der Waals surface area contributed by atoms with Crippen molar-refractivity contribution in [1.82, 2.24) is 39.9 Å². The third-order valence-corrected chi connectivity index (χ3v) is 9.09. The van der Waals surface area contributed by atoms with Gasteiger partial charge < -0.3 is 19.9 Å². The largest absolute Gasteiger partial charge is 0.444 e. The van der Waals surface area contributed by atoms with Crippen LogP contribution in [0.1, 0.15) is 73.0 Å². The average Bonchev–Trinajstić information content (AvgIpc) is 3.73. The fourth-order valence-electron chi connectivity index (χ4n) is 5.30. The van der Waals surface area contributed by atoms with E-state index in [9.17, 15) is 9.59 Å². The van der Waals surface area contributed by atoms with Crippen LogP contribution in [0.25, 0.3) is 33.5 Å². The first-order valence-corrected chi connectivity index (χ1v) is 15.8. The number of aromatic amines is 1. The second kappa shape index (κ2) is 11.4. The molecule has 0 aliphatic carbocycles. The number of nitrogens with one attached hydrogen (secondary N) is 2. The zero-order valence-electron chi connectivity index (χ0n) is 26.7. The van der Waals surface area contributed by atoms with Crippen LogP contribution in [-0.2, 0) is 29.8 Å². The zero-order chi connectivity index (χ0) is 32.1. The lowest BCUT2D eigenvalue weighted by Crippen LogP contribution is -2.41. The van der Waals surface area contributed by atoms with Gasteiger partial charge in [0.2, 0.25) is 0 Å². The molecule has 0 saturated heterocycles. The van der Waals surface area contributed by atoms with Crippen LogP contribution in [0.4, 0.5) is 4.79 Å². The molecule has 5 aromatic rings. The van der Waals surface area contributed by atoms with E-state index < -0.39 is 5.60 Å². The first-order valence-electron chi connectivity index (χ1n) is 15.0. The molecular formula is C33H38N8O3S. The zero-order valence-corrected chi connectivity index (χ0v) is 27.5. The number of H-pyrrole nitrogens is 1. The molecule has 1 aromatic carbocycles. The number of carbonyl (C=O) groups excluding carboxylic acids is 2. The van der Waals surface area contributed by atoms with Crippen molar-refractivity contribution in [3.8, 4) is 22.5 Å². The highest BCUT2D eigenvalue weighted by atomic mass is 32.1. The lowest BCUT2D eigenvalue weighted by atomic mass is 9.98. The number of carbonyl (C=O) groups is 2. The molecule has 12 heteroatoms. The predicted octanol–water partition coefficient (Wildman–Crippen LogP) is 6.23. The van der Waals surface area contributed by atoms with Gasteiger partial charge in [0.1, 0.15) is 22.5 Å². The van der Waals surface area contributed by atoms with E-state index in [1.54, 1.807) is 17.4 Å². The Morgan fingerprint density at radius 1 is 1.04 bits per heavy atom. The molecule has 1 aliphatic heterocycles. The number of rotatable bonds is 5. The molecule has 6 rings (SSSR count). The van der Waals surface area contributed by atoms with Crippen LogP contribution in [-0.4, -0.2) is 58.8 Å². The van der Waals surface area contributed by atoms with Crippen LogP contribution in [0, 0.1) is 6.92 Å². The van der Waals surface area contributed by atoms with Crippen molar-refractivity contribution in [3.05, 3.63) is 69.7 Å². The average molecular weight is 627 g/mol. The Labute approximate surface area is 266 Å². The van der Waals surface area contributed by atoms with Crippen molar-refractivity contribution in [1.29, 1.82) is 0 Å². The summed E-state index contributed by atoms with van der Waals surface area (Å²) in [5, 5.41) is 9.44. The second-order valence-electron chi connectivity index (χ2n) is 13.4. The molecule has 2 amide bonds. The maximum Gasteiger partial charge on any atom is 0.410 e. The number of amides is 2. The van der Waals surface area contributed by atoms with Crippen LogP contribution in [0.2, 0.25) is 0 Å². The molecule has 0 unspecified atom stereocenters. The van der Waals surface area contributed by atoms with Gasteiger partial charge in [0.25, 0.3) is 5.91 Å². The Morgan fingerprint density at radius 2 is 1.84 bits per heavy atom. The SMILES string of the molecule is Cc1cc(-c2ncnc3[nH]c(-c4cnn5c4CN(C(=O)OC(C)(C)C)CC5)cc23)ccc1CNC(=O)c1cnc(C(C)(C)C)s1. The highest BCUT2D eigenvalue weighted by Crippen LogP contribution is 2.33. The van der Waals surface area contributed by atoms with Crippen LogP contribution in [0.3, 0.4) is 0 Å². The Kier molecular flexibility index (Phi) is 7.72. The van der Waals surface area contributed by atoms with E-state index >= 15 is 0 Å². The third kappa shape index (κ3) is 6.32. The monoisotopic (exact) mass is 626 g/mol. The number of fused-ring (bicyclic) bond motifs is 2. The Balaban J connectivity index is 1.21. The molecule has 0 bridgehead atoms. The summed E-state index contributed by atoms with van der Waals surface area (Å²) >= 11 is 1.43. The van der Waals surface area contributed by atoms with E-state index in [1.165, 1.54) is 11.3 Å².